The first-order valence-corrected chi connectivity index (χ1v) is 5.33. The summed E-state index contributed by atoms with van der Waals surface area (Å²) in [6, 6.07) is 5.82. The quantitative estimate of drug-likeness (QED) is 0.701. The fraction of sp³-hybridized carbons (Fsp3) is 0.182. The molecule has 6 nitrogen and oxygen atoms in total. The Kier molecular flexibility index (Phi) is 2.07. The van der Waals surface area contributed by atoms with Crippen LogP contribution >= 0.6 is 0 Å². The molecule has 0 fully saturated rings. The molecule has 0 amide bonds. The highest BCUT2D eigenvalue weighted by molar-refractivity contribution is 5.71. The summed E-state index contributed by atoms with van der Waals surface area (Å²) < 4.78 is 1.80. The summed E-state index contributed by atoms with van der Waals surface area (Å²) in [7, 11) is 0. The molecular formula is C11H12N6. The Bertz CT molecular complexity index is 665. The van der Waals surface area contributed by atoms with E-state index in [0.717, 1.165) is 22.8 Å². The zero-order chi connectivity index (χ0) is 11.8. The second kappa shape index (κ2) is 3.58. The van der Waals surface area contributed by atoms with E-state index in [2.05, 4.69) is 25.6 Å². The van der Waals surface area contributed by atoms with Crippen molar-refractivity contribution in [2.24, 2.45) is 0 Å². The highest BCUT2D eigenvalue weighted by Crippen LogP contribution is 2.18. The third kappa shape index (κ3) is 1.73. The lowest BCUT2D eigenvalue weighted by Gasteiger charge is -2.05. The molecule has 3 aromatic rings. The first-order chi connectivity index (χ1) is 8.22. The van der Waals surface area contributed by atoms with Crippen molar-refractivity contribution in [1.29, 1.82) is 0 Å². The molecule has 0 radical (unpaired) electrons. The van der Waals surface area contributed by atoms with Crippen LogP contribution in [0, 0.1) is 13.8 Å². The molecule has 0 bridgehead atoms. The summed E-state index contributed by atoms with van der Waals surface area (Å²) >= 11 is 0. The second-order valence-electron chi connectivity index (χ2n) is 3.91. The molecule has 86 valence electrons. The van der Waals surface area contributed by atoms with Crippen LogP contribution in [0.25, 0.3) is 5.52 Å². The monoisotopic (exact) mass is 228 g/mol. The van der Waals surface area contributed by atoms with E-state index in [9.17, 15) is 0 Å². The second-order valence-corrected chi connectivity index (χ2v) is 3.91. The molecule has 0 spiro atoms. The molecule has 0 aromatic carbocycles. The molecule has 0 aliphatic rings. The fourth-order valence-corrected chi connectivity index (χ4v) is 1.74. The van der Waals surface area contributed by atoms with E-state index in [1.54, 1.807) is 4.52 Å². The molecule has 6 heteroatoms. The van der Waals surface area contributed by atoms with Gasteiger partial charge in [0.25, 0.3) is 0 Å². The molecule has 3 heterocycles. The van der Waals surface area contributed by atoms with E-state index in [4.69, 9.17) is 0 Å². The van der Waals surface area contributed by atoms with E-state index in [1.165, 1.54) is 0 Å². The summed E-state index contributed by atoms with van der Waals surface area (Å²) in [5, 5.41) is 14.5. The molecular weight excluding hydrogens is 216 g/mol. The summed E-state index contributed by atoms with van der Waals surface area (Å²) in [6.45, 7) is 3.82. The molecule has 0 aliphatic carbocycles. The number of aromatic amines is 1. The Morgan fingerprint density at radius 1 is 1.35 bits per heavy atom. The normalized spacial score (nSPS) is 10.9. The Morgan fingerprint density at radius 2 is 2.24 bits per heavy atom. The van der Waals surface area contributed by atoms with Crippen LogP contribution < -0.4 is 5.32 Å². The van der Waals surface area contributed by atoms with Crippen molar-refractivity contribution in [3.8, 4) is 0 Å². The van der Waals surface area contributed by atoms with Gasteiger partial charge in [-0.1, -0.05) is 0 Å². The highest BCUT2D eigenvalue weighted by atomic mass is 15.3. The maximum Gasteiger partial charge on any atom is 0.159 e. The summed E-state index contributed by atoms with van der Waals surface area (Å²) in [6.07, 6.45) is 1.89. The average Bonchev–Trinajstić information content (AvgIpc) is 2.87. The van der Waals surface area contributed by atoms with Crippen LogP contribution in [0.5, 0.6) is 0 Å². The van der Waals surface area contributed by atoms with Crippen molar-refractivity contribution in [1.82, 2.24) is 24.8 Å². The van der Waals surface area contributed by atoms with E-state index >= 15 is 0 Å². The number of nitrogens with zero attached hydrogens (tertiary/aromatic N) is 4. The number of anilines is 2. The fourth-order valence-electron chi connectivity index (χ4n) is 1.74. The average molecular weight is 228 g/mol. The number of hydrogen-bond donors (Lipinski definition) is 2. The number of rotatable bonds is 2. The highest BCUT2D eigenvalue weighted by Gasteiger charge is 2.06. The maximum atomic E-state index is 4.38. The van der Waals surface area contributed by atoms with Crippen LogP contribution in [-0.4, -0.2) is 24.8 Å². The van der Waals surface area contributed by atoms with Gasteiger partial charge in [-0.3, -0.25) is 5.10 Å². The molecule has 0 saturated carbocycles. The van der Waals surface area contributed by atoms with Crippen LogP contribution in [0.3, 0.4) is 0 Å². The van der Waals surface area contributed by atoms with Gasteiger partial charge in [-0.15, -0.1) is 0 Å². The molecule has 0 saturated heterocycles. The maximum absolute atomic E-state index is 4.38. The van der Waals surface area contributed by atoms with Gasteiger partial charge in [-0.05, 0) is 26.0 Å². The lowest BCUT2D eigenvalue weighted by Crippen LogP contribution is -2.02. The Balaban J connectivity index is 2.07. The number of aromatic nitrogens is 5. The minimum Gasteiger partial charge on any atom is -0.322 e. The van der Waals surface area contributed by atoms with Gasteiger partial charge >= 0.3 is 0 Å². The lowest BCUT2D eigenvalue weighted by molar-refractivity contribution is 0.859. The van der Waals surface area contributed by atoms with Crippen molar-refractivity contribution in [2.45, 2.75) is 13.8 Å². The molecule has 0 aliphatic heterocycles. The van der Waals surface area contributed by atoms with Gasteiger partial charge in [0.1, 0.15) is 11.3 Å². The number of fused-ring (bicyclic) bond motifs is 1. The van der Waals surface area contributed by atoms with Gasteiger partial charge in [0.15, 0.2) is 11.6 Å². The number of H-pyrrole nitrogens is 1. The molecule has 2 N–H and O–H groups in total. The van der Waals surface area contributed by atoms with Crippen molar-refractivity contribution in [3.63, 3.8) is 0 Å². The first kappa shape index (κ1) is 9.83. The smallest absolute Gasteiger partial charge is 0.159 e. The first-order valence-electron chi connectivity index (χ1n) is 5.33. The van der Waals surface area contributed by atoms with Crippen LogP contribution in [0.1, 0.15) is 11.5 Å². The van der Waals surface area contributed by atoms with E-state index in [1.807, 2.05) is 38.2 Å². The van der Waals surface area contributed by atoms with Gasteiger partial charge in [0.05, 0.1) is 0 Å². The number of hydrogen-bond acceptors (Lipinski definition) is 4. The van der Waals surface area contributed by atoms with Crippen molar-refractivity contribution in [3.05, 3.63) is 35.9 Å². The Morgan fingerprint density at radius 3 is 3.00 bits per heavy atom. The topological polar surface area (TPSA) is 70.9 Å². The van der Waals surface area contributed by atoms with E-state index in [-0.39, 0.29) is 0 Å². The number of aryl methyl sites for hydroxylation is 2. The predicted molar refractivity (Wildman–Crippen MR) is 64.3 cm³/mol. The van der Waals surface area contributed by atoms with Crippen molar-refractivity contribution < 1.29 is 0 Å². The standard InChI is InChI=1S/C11H12N6/c1-7-6-10(15-14-7)13-11-9-4-3-5-17(9)16-8(2)12-11/h3-6H,1-2H3,(H2,12,13,14,15,16). The van der Waals surface area contributed by atoms with Gasteiger partial charge < -0.3 is 5.32 Å². The number of nitrogens with one attached hydrogen (secondary N) is 2. The molecule has 3 rings (SSSR count). The summed E-state index contributed by atoms with van der Waals surface area (Å²) in [5.74, 6) is 2.22. The minimum atomic E-state index is 0.712. The third-order valence-corrected chi connectivity index (χ3v) is 2.45. The van der Waals surface area contributed by atoms with Gasteiger partial charge in [0.2, 0.25) is 0 Å². The molecule has 0 atom stereocenters. The molecule has 17 heavy (non-hydrogen) atoms. The zero-order valence-electron chi connectivity index (χ0n) is 9.60. The van der Waals surface area contributed by atoms with Gasteiger partial charge in [-0.25, -0.2) is 9.50 Å². The van der Waals surface area contributed by atoms with Gasteiger partial charge in [-0.2, -0.15) is 10.2 Å². The SMILES string of the molecule is Cc1nc(Nc2cc(C)[nH]n2)c2cccn2n1. The zero-order valence-corrected chi connectivity index (χ0v) is 9.60. The van der Waals surface area contributed by atoms with Crippen LogP contribution in [0.4, 0.5) is 11.6 Å². The lowest BCUT2D eigenvalue weighted by atomic mass is 10.4. The molecule has 3 aromatic heterocycles. The van der Waals surface area contributed by atoms with Crippen LogP contribution in [-0.2, 0) is 0 Å². The van der Waals surface area contributed by atoms with Crippen LogP contribution in [0.2, 0.25) is 0 Å². The predicted octanol–water partition coefficient (Wildman–Crippen LogP) is 1.81. The Hall–Kier alpha value is -2.37. The van der Waals surface area contributed by atoms with E-state index in [0.29, 0.717) is 5.82 Å². The largest absolute Gasteiger partial charge is 0.322 e. The summed E-state index contributed by atoms with van der Waals surface area (Å²) in [4.78, 5) is 4.38. The third-order valence-electron chi connectivity index (χ3n) is 2.45. The van der Waals surface area contributed by atoms with E-state index < -0.39 is 0 Å². The molecule has 0 unspecified atom stereocenters. The van der Waals surface area contributed by atoms with Gasteiger partial charge in [0, 0.05) is 18.0 Å². The van der Waals surface area contributed by atoms with Crippen molar-refractivity contribution in [2.75, 3.05) is 5.32 Å². The summed E-state index contributed by atoms with van der Waals surface area (Å²) in [5.41, 5.74) is 1.93. The van der Waals surface area contributed by atoms with Crippen molar-refractivity contribution >= 4 is 17.2 Å². The van der Waals surface area contributed by atoms with Crippen LogP contribution in [0.15, 0.2) is 24.4 Å². The Labute approximate surface area is 97.7 Å². The minimum absolute atomic E-state index is 0.712.